The van der Waals surface area contributed by atoms with Crippen LogP contribution in [0.2, 0.25) is 0 Å². The van der Waals surface area contributed by atoms with E-state index in [1.165, 1.54) is 12.1 Å². The predicted molar refractivity (Wildman–Crippen MR) is 72.2 cm³/mol. The lowest BCUT2D eigenvalue weighted by atomic mass is 10.3. The molecule has 8 heteroatoms. The molecule has 0 saturated carbocycles. The third-order valence-electron chi connectivity index (χ3n) is 3.26. The Morgan fingerprint density at radius 3 is 2.62 bits per heavy atom. The zero-order valence-corrected chi connectivity index (χ0v) is 11.4. The van der Waals surface area contributed by atoms with Crippen LogP contribution in [0.4, 0.5) is 0 Å². The molecule has 2 rings (SSSR count). The molecule has 0 bridgehead atoms. The molecule has 1 aromatic heterocycles. The Kier molecular flexibility index (Phi) is 4.66. The molecule has 8 nitrogen and oxygen atoms in total. The van der Waals surface area contributed by atoms with Gasteiger partial charge in [-0.1, -0.05) is 0 Å². The smallest absolute Gasteiger partial charge is 0.274 e. The fourth-order valence-corrected chi connectivity index (χ4v) is 2.17. The van der Waals surface area contributed by atoms with Crippen molar-refractivity contribution in [1.29, 1.82) is 5.26 Å². The summed E-state index contributed by atoms with van der Waals surface area (Å²) in [5.74, 6) is -0.491. The third kappa shape index (κ3) is 3.66. The molecular formula is C13H15N5O3. The maximum Gasteiger partial charge on any atom is 0.274 e. The first-order valence-corrected chi connectivity index (χ1v) is 6.61. The van der Waals surface area contributed by atoms with Crippen molar-refractivity contribution >= 4 is 11.8 Å². The monoisotopic (exact) mass is 289 g/mol. The van der Waals surface area contributed by atoms with Crippen LogP contribution in [0.1, 0.15) is 23.3 Å². The van der Waals surface area contributed by atoms with Gasteiger partial charge in [-0.15, -0.1) is 0 Å². The molecule has 0 unspecified atom stereocenters. The SMILES string of the molecule is N#CCC(=O)N1CCCN(C(=O)c2ccc(=O)[nH]n2)CC1. The first-order chi connectivity index (χ1) is 10.1. The molecule has 1 aliphatic rings. The molecule has 2 heterocycles. The van der Waals surface area contributed by atoms with Gasteiger partial charge in [0, 0.05) is 32.2 Å². The molecule has 1 aromatic rings. The van der Waals surface area contributed by atoms with Crippen LogP contribution in [-0.2, 0) is 4.79 Å². The maximum atomic E-state index is 12.3. The summed E-state index contributed by atoms with van der Waals surface area (Å²) >= 11 is 0. The molecule has 0 aromatic carbocycles. The summed E-state index contributed by atoms with van der Waals surface area (Å²) in [7, 11) is 0. The van der Waals surface area contributed by atoms with E-state index in [0.29, 0.717) is 32.6 Å². The second-order valence-electron chi connectivity index (χ2n) is 4.67. The van der Waals surface area contributed by atoms with Crippen molar-refractivity contribution in [2.75, 3.05) is 26.2 Å². The van der Waals surface area contributed by atoms with E-state index in [4.69, 9.17) is 5.26 Å². The molecule has 110 valence electrons. The second kappa shape index (κ2) is 6.65. The summed E-state index contributed by atoms with van der Waals surface area (Å²) in [6.07, 6.45) is 0.502. The van der Waals surface area contributed by atoms with Crippen LogP contribution in [-0.4, -0.2) is 58.0 Å². The van der Waals surface area contributed by atoms with E-state index < -0.39 is 0 Å². The van der Waals surface area contributed by atoms with Gasteiger partial charge in [-0.3, -0.25) is 14.4 Å². The Labute approximate surface area is 121 Å². The highest BCUT2D eigenvalue weighted by Gasteiger charge is 2.23. The summed E-state index contributed by atoms with van der Waals surface area (Å²) in [6.45, 7) is 1.83. The van der Waals surface area contributed by atoms with E-state index in [2.05, 4.69) is 10.2 Å². The lowest BCUT2D eigenvalue weighted by Crippen LogP contribution is -2.37. The number of aromatic amines is 1. The van der Waals surface area contributed by atoms with Gasteiger partial charge < -0.3 is 9.80 Å². The number of H-pyrrole nitrogens is 1. The average molecular weight is 289 g/mol. The molecule has 1 N–H and O–H groups in total. The first kappa shape index (κ1) is 14.7. The Morgan fingerprint density at radius 2 is 1.95 bits per heavy atom. The highest BCUT2D eigenvalue weighted by molar-refractivity contribution is 5.92. The maximum absolute atomic E-state index is 12.3. The number of nitrogens with one attached hydrogen (secondary N) is 1. The fourth-order valence-electron chi connectivity index (χ4n) is 2.17. The van der Waals surface area contributed by atoms with Crippen molar-refractivity contribution in [3.05, 3.63) is 28.2 Å². The van der Waals surface area contributed by atoms with E-state index in [0.717, 1.165) is 0 Å². The van der Waals surface area contributed by atoms with Gasteiger partial charge in [-0.25, -0.2) is 5.10 Å². The molecule has 0 atom stereocenters. The second-order valence-corrected chi connectivity index (χ2v) is 4.67. The standard InChI is InChI=1S/C13H15N5O3/c14-5-4-12(20)17-6-1-7-18(9-8-17)13(21)10-2-3-11(19)16-15-10/h2-3H,1,4,6-9H2,(H,16,19). The average Bonchev–Trinajstić information content (AvgIpc) is 2.73. The van der Waals surface area contributed by atoms with Crippen LogP contribution in [0.3, 0.4) is 0 Å². The van der Waals surface area contributed by atoms with E-state index >= 15 is 0 Å². The van der Waals surface area contributed by atoms with Crippen LogP contribution in [0.15, 0.2) is 16.9 Å². The highest BCUT2D eigenvalue weighted by atomic mass is 16.2. The van der Waals surface area contributed by atoms with E-state index in [1.807, 2.05) is 6.07 Å². The number of hydrogen-bond donors (Lipinski definition) is 1. The number of carbonyl (C=O) groups excluding carboxylic acids is 2. The lowest BCUT2D eigenvalue weighted by molar-refractivity contribution is -0.130. The van der Waals surface area contributed by atoms with Crippen LogP contribution in [0, 0.1) is 11.3 Å². The normalized spacial score (nSPS) is 15.2. The molecule has 21 heavy (non-hydrogen) atoms. The Hall–Kier alpha value is -2.69. The number of carbonyl (C=O) groups is 2. The number of amides is 2. The van der Waals surface area contributed by atoms with Gasteiger partial charge >= 0.3 is 0 Å². The molecule has 0 spiro atoms. The zero-order valence-electron chi connectivity index (χ0n) is 11.4. The topological polar surface area (TPSA) is 110 Å². The highest BCUT2D eigenvalue weighted by Crippen LogP contribution is 2.08. The lowest BCUT2D eigenvalue weighted by Gasteiger charge is -2.21. The first-order valence-electron chi connectivity index (χ1n) is 6.61. The number of nitrogens with zero attached hydrogens (tertiary/aromatic N) is 4. The molecule has 0 aliphatic carbocycles. The summed E-state index contributed by atoms with van der Waals surface area (Å²) < 4.78 is 0. The molecular weight excluding hydrogens is 274 g/mol. The minimum atomic E-state index is -0.365. The van der Waals surface area contributed by atoms with Crippen LogP contribution >= 0.6 is 0 Å². The number of aromatic nitrogens is 2. The van der Waals surface area contributed by atoms with E-state index in [-0.39, 0.29) is 29.5 Å². The predicted octanol–water partition coefficient (Wildman–Crippen LogP) is -0.642. The summed E-state index contributed by atoms with van der Waals surface area (Å²) in [4.78, 5) is 38.1. The minimum absolute atomic E-state index is 0.143. The van der Waals surface area contributed by atoms with Crippen molar-refractivity contribution < 1.29 is 9.59 Å². The van der Waals surface area contributed by atoms with E-state index in [1.54, 1.807) is 9.80 Å². The summed E-state index contributed by atoms with van der Waals surface area (Å²) in [5, 5.41) is 14.5. The molecule has 0 radical (unpaired) electrons. The summed E-state index contributed by atoms with van der Waals surface area (Å²) in [5.41, 5.74) is -0.193. The van der Waals surface area contributed by atoms with Gasteiger partial charge in [0.2, 0.25) is 5.91 Å². The molecule has 2 amide bonds. The number of rotatable bonds is 2. The van der Waals surface area contributed by atoms with Crippen molar-refractivity contribution in [2.24, 2.45) is 0 Å². The van der Waals surface area contributed by atoms with Crippen LogP contribution in [0.25, 0.3) is 0 Å². The van der Waals surface area contributed by atoms with Gasteiger partial charge in [0.25, 0.3) is 11.5 Å². The fraction of sp³-hybridized carbons (Fsp3) is 0.462. The van der Waals surface area contributed by atoms with Crippen LogP contribution in [0.5, 0.6) is 0 Å². The zero-order chi connectivity index (χ0) is 15.2. The Bertz CT molecular complexity index is 613. The Morgan fingerprint density at radius 1 is 1.24 bits per heavy atom. The van der Waals surface area contributed by atoms with Crippen molar-refractivity contribution in [2.45, 2.75) is 12.8 Å². The molecule has 1 fully saturated rings. The van der Waals surface area contributed by atoms with Gasteiger partial charge in [-0.05, 0) is 12.5 Å². The minimum Gasteiger partial charge on any atom is -0.340 e. The van der Waals surface area contributed by atoms with Gasteiger partial charge in [-0.2, -0.15) is 10.4 Å². The van der Waals surface area contributed by atoms with Crippen molar-refractivity contribution in [3.63, 3.8) is 0 Å². The van der Waals surface area contributed by atoms with E-state index in [9.17, 15) is 14.4 Å². The molecule has 1 saturated heterocycles. The van der Waals surface area contributed by atoms with Crippen molar-refractivity contribution in [1.82, 2.24) is 20.0 Å². The van der Waals surface area contributed by atoms with Crippen molar-refractivity contribution in [3.8, 4) is 6.07 Å². The van der Waals surface area contributed by atoms with Gasteiger partial charge in [0.05, 0.1) is 6.07 Å². The van der Waals surface area contributed by atoms with Crippen LogP contribution < -0.4 is 5.56 Å². The number of hydrogen-bond acceptors (Lipinski definition) is 5. The number of nitriles is 1. The van der Waals surface area contributed by atoms with Gasteiger partial charge in [0.15, 0.2) is 0 Å². The third-order valence-corrected chi connectivity index (χ3v) is 3.26. The molecule has 1 aliphatic heterocycles. The quantitative estimate of drug-likeness (QED) is 0.778. The largest absolute Gasteiger partial charge is 0.340 e. The summed E-state index contributed by atoms with van der Waals surface area (Å²) in [6, 6.07) is 4.47. The Balaban J connectivity index is 2.01. The van der Waals surface area contributed by atoms with Gasteiger partial charge in [0.1, 0.15) is 12.1 Å².